The Morgan fingerprint density at radius 2 is 1.87 bits per heavy atom. The van der Waals surface area contributed by atoms with Crippen LogP contribution in [0.4, 0.5) is 0 Å². The molecule has 1 saturated heterocycles. The maximum absolute atomic E-state index is 11.0. The molecule has 1 aliphatic heterocycles. The van der Waals surface area contributed by atoms with Crippen LogP contribution in [0.2, 0.25) is 32.2 Å². The highest BCUT2D eigenvalue weighted by Gasteiger charge is 2.52. The quantitative estimate of drug-likeness (QED) is 0.527. The van der Waals surface area contributed by atoms with Crippen LogP contribution in [-0.2, 0) is 14.0 Å². The molecule has 0 bridgehead atoms. The Morgan fingerprint density at radius 1 is 1.33 bits per heavy atom. The summed E-state index contributed by atoms with van der Waals surface area (Å²) in [5.41, 5.74) is 0. The molecule has 0 amide bonds. The first-order chi connectivity index (χ1) is 6.58. The summed E-state index contributed by atoms with van der Waals surface area (Å²) < 4.78 is 11.4. The summed E-state index contributed by atoms with van der Waals surface area (Å²) in [6.45, 7) is 12.6. The van der Waals surface area contributed by atoms with Crippen molar-refractivity contribution in [1.29, 1.82) is 0 Å². The number of hydrogen-bond donors (Lipinski definition) is 0. The second-order valence-corrected chi connectivity index (χ2v) is 20.9. The zero-order valence-corrected chi connectivity index (χ0v) is 12.6. The van der Waals surface area contributed by atoms with E-state index >= 15 is 0 Å². The van der Waals surface area contributed by atoms with Crippen molar-refractivity contribution in [3.8, 4) is 0 Å². The van der Waals surface area contributed by atoms with Crippen LogP contribution in [0.25, 0.3) is 0 Å². The van der Waals surface area contributed by atoms with E-state index < -0.39 is 21.2 Å². The van der Waals surface area contributed by atoms with Gasteiger partial charge in [-0.1, -0.05) is 19.1 Å². The van der Waals surface area contributed by atoms with Crippen LogP contribution >= 0.6 is 0 Å². The lowest BCUT2D eigenvalue weighted by atomic mass is 10.2. The van der Waals surface area contributed by atoms with Crippen molar-refractivity contribution in [3.05, 3.63) is 0 Å². The Labute approximate surface area is 94.1 Å². The largest absolute Gasteiger partial charge is 0.435 e. The van der Waals surface area contributed by atoms with Crippen molar-refractivity contribution in [2.75, 3.05) is 0 Å². The molecule has 1 atom stereocenters. The van der Waals surface area contributed by atoms with Gasteiger partial charge >= 0.3 is 5.97 Å². The standard InChI is InChI=1S/C10H22O3Si2/c1-9(11)12-10(2)7-8-14(3,4)15(5,6)13-10/h7-8H2,1-6H3. The third kappa shape index (κ3) is 2.70. The summed E-state index contributed by atoms with van der Waals surface area (Å²) in [6, 6.07) is 1.19. The van der Waals surface area contributed by atoms with E-state index in [9.17, 15) is 4.79 Å². The number of rotatable bonds is 1. The molecule has 0 aliphatic carbocycles. The molecule has 0 saturated carbocycles. The van der Waals surface area contributed by atoms with E-state index in [1.807, 2.05) is 6.92 Å². The normalized spacial score (nSPS) is 33.5. The van der Waals surface area contributed by atoms with E-state index in [4.69, 9.17) is 9.16 Å². The highest BCUT2D eigenvalue weighted by molar-refractivity contribution is 7.38. The molecule has 0 N–H and O–H groups in total. The first kappa shape index (κ1) is 12.9. The third-order valence-corrected chi connectivity index (χ3v) is 20.2. The smallest absolute Gasteiger partial charge is 0.305 e. The van der Waals surface area contributed by atoms with E-state index in [0.717, 1.165) is 6.42 Å². The summed E-state index contributed by atoms with van der Waals surface area (Å²) in [7, 11) is -2.89. The first-order valence-corrected chi connectivity index (χ1v) is 12.6. The van der Waals surface area contributed by atoms with Gasteiger partial charge in [0.15, 0.2) is 7.83 Å². The van der Waals surface area contributed by atoms with Gasteiger partial charge in [-0.3, -0.25) is 4.79 Å². The van der Waals surface area contributed by atoms with E-state index in [0.29, 0.717) is 0 Å². The molecule has 1 aliphatic rings. The fourth-order valence-electron chi connectivity index (χ4n) is 1.95. The van der Waals surface area contributed by atoms with Crippen molar-refractivity contribution >= 4 is 21.4 Å². The molecule has 15 heavy (non-hydrogen) atoms. The molecule has 1 unspecified atom stereocenters. The van der Waals surface area contributed by atoms with E-state index in [-0.39, 0.29) is 5.97 Å². The monoisotopic (exact) mass is 246 g/mol. The van der Waals surface area contributed by atoms with Gasteiger partial charge in [0, 0.05) is 20.3 Å². The lowest BCUT2D eigenvalue weighted by molar-refractivity contribution is -0.194. The van der Waals surface area contributed by atoms with Gasteiger partial charge in [0.05, 0.1) is 7.59 Å². The summed E-state index contributed by atoms with van der Waals surface area (Å²) >= 11 is 0. The van der Waals surface area contributed by atoms with Gasteiger partial charge < -0.3 is 9.16 Å². The number of carbonyl (C=O) groups is 1. The molecule has 0 aromatic heterocycles. The molecule has 1 heterocycles. The number of ether oxygens (including phenoxy) is 1. The fraction of sp³-hybridized carbons (Fsp3) is 0.900. The van der Waals surface area contributed by atoms with Crippen LogP contribution < -0.4 is 0 Å². The van der Waals surface area contributed by atoms with Crippen LogP contribution in [0.15, 0.2) is 0 Å². The maximum atomic E-state index is 11.0. The van der Waals surface area contributed by atoms with Crippen molar-refractivity contribution in [3.63, 3.8) is 0 Å². The van der Waals surface area contributed by atoms with Gasteiger partial charge in [0.25, 0.3) is 0 Å². The van der Waals surface area contributed by atoms with Crippen molar-refractivity contribution in [2.24, 2.45) is 0 Å². The van der Waals surface area contributed by atoms with Gasteiger partial charge in [-0.15, -0.1) is 0 Å². The topological polar surface area (TPSA) is 35.5 Å². The van der Waals surface area contributed by atoms with Crippen LogP contribution in [0.3, 0.4) is 0 Å². The second-order valence-electron chi connectivity index (χ2n) is 5.72. The first-order valence-electron chi connectivity index (χ1n) is 5.48. The molecule has 0 aromatic carbocycles. The highest BCUT2D eigenvalue weighted by atomic mass is 29.3. The zero-order chi connectivity index (χ0) is 11.9. The Morgan fingerprint density at radius 3 is 2.27 bits per heavy atom. The molecular formula is C10H22O3Si2. The molecule has 0 spiro atoms. The molecule has 1 rings (SSSR count). The minimum atomic E-state index is -1.66. The summed E-state index contributed by atoms with van der Waals surface area (Å²) in [5.74, 6) is -0.909. The van der Waals surface area contributed by atoms with Crippen LogP contribution in [-0.4, -0.2) is 27.2 Å². The minimum absolute atomic E-state index is 0.247. The van der Waals surface area contributed by atoms with Gasteiger partial charge in [0.1, 0.15) is 0 Å². The van der Waals surface area contributed by atoms with Gasteiger partial charge in [-0.25, -0.2) is 0 Å². The Balaban J connectivity index is 2.81. The number of hydrogen-bond acceptors (Lipinski definition) is 3. The second kappa shape index (κ2) is 3.71. The highest BCUT2D eigenvalue weighted by Crippen LogP contribution is 2.39. The Bertz CT molecular complexity index is 276. The van der Waals surface area contributed by atoms with Crippen molar-refractivity contribution in [2.45, 2.75) is 58.3 Å². The predicted molar refractivity (Wildman–Crippen MR) is 65.6 cm³/mol. The summed E-state index contributed by atoms with van der Waals surface area (Å²) in [6.07, 6.45) is 0.849. The molecule has 88 valence electrons. The van der Waals surface area contributed by atoms with Crippen LogP contribution in [0, 0.1) is 0 Å². The predicted octanol–water partition coefficient (Wildman–Crippen LogP) is 2.68. The molecular weight excluding hydrogens is 224 g/mol. The van der Waals surface area contributed by atoms with Crippen LogP contribution in [0.1, 0.15) is 20.3 Å². The Kier molecular flexibility index (Phi) is 3.20. The summed E-state index contributed by atoms with van der Waals surface area (Å²) in [4.78, 5) is 11.0. The molecule has 3 nitrogen and oxygen atoms in total. The van der Waals surface area contributed by atoms with E-state index in [1.165, 1.54) is 13.0 Å². The summed E-state index contributed by atoms with van der Waals surface area (Å²) in [5, 5.41) is 0. The number of carbonyl (C=O) groups excluding carboxylic acids is 1. The Hall–Kier alpha value is -0.136. The molecule has 0 radical (unpaired) electrons. The van der Waals surface area contributed by atoms with E-state index in [1.54, 1.807) is 0 Å². The number of esters is 1. The fourth-order valence-corrected chi connectivity index (χ4v) is 8.78. The SMILES string of the molecule is CC(=O)OC1(C)CC[Si](C)(C)[Si](C)(C)O1. The van der Waals surface area contributed by atoms with Crippen LogP contribution in [0.5, 0.6) is 0 Å². The third-order valence-electron chi connectivity index (χ3n) is 3.66. The van der Waals surface area contributed by atoms with Crippen molar-refractivity contribution < 1.29 is 14.0 Å². The van der Waals surface area contributed by atoms with Crippen molar-refractivity contribution in [1.82, 2.24) is 0 Å². The lowest BCUT2D eigenvalue weighted by Gasteiger charge is -2.49. The van der Waals surface area contributed by atoms with Gasteiger partial charge in [-0.05, 0) is 13.1 Å². The maximum Gasteiger partial charge on any atom is 0.305 e. The lowest BCUT2D eigenvalue weighted by Crippen LogP contribution is -2.65. The molecule has 5 heteroatoms. The van der Waals surface area contributed by atoms with Gasteiger partial charge in [0.2, 0.25) is 5.79 Å². The molecule has 1 fully saturated rings. The van der Waals surface area contributed by atoms with E-state index in [2.05, 4.69) is 26.2 Å². The molecule has 0 aromatic rings. The average Bonchev–Trinajstić information content (AvgIpc) is 1.96. The average molecular weight is 246 g/mol. The zero-order valence-electron chi connectivity index (χ0n) is 10.6. The minimum Gasteiger partial charge on any atom is -0.435 e. The van der Waals surface area contributed by atoms with Gasteiger partial charge in [-0.2, -0.15) is 0 Å².